The van der Waals surface area contributed by atoms with E-state index in [2.05, 4.69) is 24.4 Å². The third-order valence-corrected chi connectivity index (χ3v) is 2.90. The van der Waals surface area contributed by atoms with Crippen molar-refractivity contribution in [1.29, 1.82) is 0 Å². The summed E-state index contributed by atoms with van der Waals surface area (Å²) >= 11 is 0. The molecule has 3 nitrogen and oxygen atoms in total. The third kappa shape index (κ3) is 4.02. The maximum atomic E-state index is 5.92. The average molecular weight is 235 g/mol. The minimum absolute atomic E-state index is 0.220. The van der Waals surface area contributed by atoms with Gasteiger partial charge in [0.2, 0.25) is 0 Å². The molecule has 1 aromatic rings. The number of benzene rings is 1. The van der Waals surface area contributed by atoms with E-state index >= 15 is 0 Å². The molecule has 0 radical (unpaired) electrons. The van der Waals surface area contributed by atoms with Crippen LogP contribution < -0.4 is 10.1 Å². The minimum Gasteiger partial charge on any atom is -0.488 e. The molecule has 1 fully saturated rings. The molecule has 17 heavy (non-hydrogen) atoms. The molecule has 0 aliphatic carbocycles. The minimum atomic E-state index is 0.220. The van der Waals surface area contributed by atoms with E-state index in [1.54, 1.807) is 0 Å². The Balaban J connectivity index is 1.90. The predicted molar refractivity (Wildman–Crippen MR) is 68.3 cm³/mol. The second-order valence-corrected chi connectivity index (χ2v) is 4.38. The first kappa shape index (κ1) is 12.4. The van der Waals surface area contributed by atoms with Crippen LogP contribution in [0.4, 0.5) is 0 Å². The number of rotatable bonds is 5. The number of hydrogen-bond donors (Lipinski definition) is 1. The third-order valence-electron chi connectivity index (χ3n) is 2.90. The summed E-state index contributed by atoms with van der Waals surface area (Å²) in [5.74, 6) is 0.955. The molecule has 0 saturated carbocycles. The van der Waals surface area contributed by atoms with Crippen molar-refractivity contribution in [1.82, 2.24) is 5.32 Å². The lowest BCUT2D eigenvalue weighted by Gasteiger charge is -2.23. The Kier molecular flexibility index (Phi) is 4.83. The zero-order valence-electron chi connectivity index (χ0n) is 10.4. The largest absolute Gasteiger partial charge is 0.488 e. The molecule has 0 bridgehead atoms. The summed E-state index contributed by atoms with van der Waals surface area (Å²) in [4.78, 5) is 0. The summed E-state index contributed by atoms with van der Waals surface area (Å²) < 4.78 is 11.3. The Hall–Kier alpha value is -1.06. The van der Waals surface area contributed by atoms with E-state index in [1.165, 1.54) is 5.56 Å². The van der Waals surface area contributed by atoms with Gasteiger partial charge in [0.05, 0.1) is 6.61 Å². The van der Waals surface area contributed by atoms with Gasteiger partial charge in [0.15, 0.2) is 0 Å². The lowest BCUT2D eigenvalue weighted by Crippen LogP contribution is -2.28. The molecular formula is C14H21NO2. The van der Waals surface area contributed by atoms with E-state index in [0.29, 0.717) is 0 Å². The van der Waals surface area contributed by atoms with E-state index < -0.39 is 0 Å². The standard InChI is InChI=1S/C14H21NO2/c1-2-15-10-12-5-3-6-13(9-12)17-14-7-4-8-16-11-14/h3,5-6,9,14-15H,2,4,7-8,10-11H2,1H3. The lowest BCUT2D eigenvalue weighted by molar-refractivity contribution is 0.00740. The van der Waals surface area contributed by atoms with Crippen LogP contribution >= 0.6 is 0 Å². The molecule has 1 aromatic carbocycles. The molecule has 1 heterocycles. The van der Waals surface area contributed by atoms with Gasteiger partial charge in [0.25, 0.3) is 0 Å². The van der Waals surface area contributed by atoms with Gasteiger partial charge in [-0.15, -0.1) is 0 Å². The Labute approximate surface area is 103 Å². The Morgan fingerprint density at radius 3 is 3.18 bits per heavy atom. The first-order valence-electron chi connectivity index (χ1n) is 6.42. The lowest BCUT2D eigenvalue weighted by atomic mass is 10.1. The van der Waals surface area contributed by atoms with Crippen molar-refractivity contribution >= 4 is 0 Å². The summed E-state index contributed by atoms with van der Waals surface area (Å²) in [7, 11) is 0. The fourth-order valence-electron chi connectivity index (χ4n) is 1.99. The zero-order valence-corrected chi connectivity index (χ0v) is 10.4. The van der Waals surface area contributed by atoms with Crippen LogP contribution in [0.3, 0.4) is 0 Å². The summed E-state index contributed by atoms with van der Waals surface area (Å²) in [6.07, 6.45) is 2.41. The van der Waals surface area contributed by atoms with Crippen LogP contribution in [0, 0.1) is 0 Å². The number of nitrogens with one attached hydrogen (secondary N) is 1. The van der Waals surface area contributed by atoms with Crippen LogP contribution in [0.15, 0.2) is 24.3 Å². The highest BCUT2D eigenvalue weighted by atomic mass is 16.5. The zero-order chi connectivity index (χ0) is 11.9. The van der Waals surface area contributed by atoms with Gasteiger partial charge in [-0.1, -0.05) is 19.1 Å². The van der Waals surface area contributed by atoms with Gasteiger partial charge in [-0.05, 0) is 37.1 Å². The van der Waals surface area contributed by atoms with Crippen LogP contribution in [-0.2, 0) is 11.3 Å². The molecule has 1 aliphatic rings. The normalized spacial score (nSPS) is 20.2. The van der Waals surface area contributed by atoms with Gasteiger partial charge in [-0.2, -0.15) is 0 Å². The number of hydrogen-bond acceptors (Lipinski definition) is 3. The smallest absolute Gasteiger partial charge is 0.122 e. The van der Waals surface area contributed by atoms with Gasteiger partial charge < -0.3 is 14.8 Å². The van der Waals surface area contributed by atoms with E-state index in [9.17, 15) is 0 Å². The fourth-order valence-corrected chi connectivity index (χ4v) is 1.99. The quantitative estimate of drug-likeness (QED) is 0.850. The number of ether oxygens (including phenoxy) is 2. The highest BCUT2D eigenvalue weighted by Crippen LogP contribution is 2.18. The van der Waals surface area contributed by atoms with Crippen molar-refractivity contribution in [3.05, 3.63) is 29.8 Å². The first-order valence-corrected chi connectivity index (χ1v) is 6.42. The molecule has 1 atom stereocenters. The average Bonchev–Trinajstić information content (AvgIpc) is 2.38. The highest BCUT2D eigenvalue weighted by molar-refractivity contribution is 5.28. The highest BCUT2D eigenvalue weighted by Gasteiger charge is 2.15. The van der Waals surface area contributed by atoms with Crippen molar-refractivity contribution < 1.29 is 9.47 Å². The van der Waals surface area contributed by atoms with E-state index in [0.717, 1.165) is 44.9 Å². The van der Waals surface area contributed by atoms with Gasteiger partial charge in [-0.25, -0.2) is 0 Å². The second kappa shape index (κ2) is 6.62. The van der Waals surface area contributed by atoms with Crippen LogP contribution in [0.5, 0.6) is 5.75 Å². The van der Waals surface area contributed by atoms with E-state index in [-0.39, 0.29) is 6.10 Å². The fraction of sp³-hybridized carbons (Fsp3) is 0.571. The summed E-state index contributed by atoms with van der Waals surface area (Å²) in [6.45, 7) is 5.59. The predicted octanol–water partition coefficient (Wildman–Crippen LogP) is 2.35. The summed E-state index contributed by atoms with van der Waals surface area (Å²) in [6, 6.07) is 8.29. The molecule has 3 heteroatoms. The topological polar surface area (TPSA) is 30.5 Å². The van der Waals surface area contributed by atoms with Gasteiger partial charge in [0.1, 0.15) is 11.9 Å². The van der Waals surface area contributed by atoms with Crippen molar-refractivity contribution in [3.63, 3.8) is 0 Å². The molecule has 2 rings (SSSR count). The molecule has 1 N–H and O–H groups in total. The Morgan fingerprint density at radius 1 is 1.47 bits per heavy atom. The second-order valence-electron chi connectivity index (χ2n) is 4.38. The van der Waals surface area contributed by atoms with Crippen LogP contribution in [0.25, 0.3) is 0 Å². The van der Waals surface area contributed by atoms with Crippen molar-refractivity contribution in [2.24, 2.45) is 0 Å². The molecule has 0 spiro atoms. The van der Waals surface area contributed by atoms with Crippen LogP contribution in [-0.4, -0.2) is 25.9 Å². The SMILES string of the molecule is CCNCc1cccc(OC2CCCOC2)c1. The van der Waals surface area contributed by atoms with E-state index in [4.69, 9.17) is 9.47 Å². The van der Waals surface area contributed by atoms with Crippen molar-refractivity contribution in [3.8, 4) is 5.75 Å². The molecule has 1 saturated heterocycles. The monoisotopic (exact) mass is 235 g/mol. The summed E-state index contributed by atoms with van der Waals surface area (Å²) in [5, 5.41) is 3.32. The van der Waals surface area contributed by atoms with Gasteiger partial charge in [0, 0.05) is 13.2 Å². The van der Waals surface area contributed by atoms with Gasteiger partial charge >= 0.3 is 0 Å². The maximum Gasteiger partial charge on any atom is 0.122 e. The molecule has 94 valence electrons. The van der Waals surface area contributed by atoms with Crippen molar-refractivity contribution in [2.75, 3.05) is 19.8 Å². The maximum absolute atomic E-state index is 5.92. The van der Waals surface area contributed by atoms with Gasteiger partial charge in [-0.3, -0.25) is 0 Å². The molecule has 1 aliphatic heterocycles. The Morgan fingerprint density at radius 2 is 2.41 bits per heavy atom. The molecule has 0 aromatic heterocycles. The van der Waals surface area contributed by atoms with Crippen LogP contribution in [0.1, 0.15) is 25.3 Å². The molecule has 0 amide bonds. The first-order chi connectivity index (χ1) is 8.38. The van der Waals surface area contributed by atoms with Crippen molar-refractivity contribution in [2.45, 2.75) is 32.4 Å². The van der Waals surface area contributed by atoms with Crippen LogP contribution in [0.2, 0.25) is 0 Å². The Bertz CT molecular complexity index is 335. The molecule has 1 unspecified atom stereocenters. The van der Waals surface area contributed by atoms with E-state index in [1.807, 2.05) is 12.1 Å². The molecular weight excluding hydrogens is 214 g/mol. The summed E-state index contributed by atoms with van der Waals surface area (Å²) in [5.41, 5.74) is 1.26.